The van der Waals surface area contributed by atoms with Crippen LogP contribution < -0.4 is 0 Å². The average Bonchev–Trinajstić information content (AvgIpc) is 3.09. The maximum Gasteiger partial charge on any atom is 0.293 e. The molecule has 0 N–H and O–H groups in total. The van der Waals surface area contributed by atoms with Crippen LogP contribution in [-0.4, -0.2) is 20.6 Å². The van der Waals surface area contributed by atoms with Gasteiger partial charge in [-0.3, -0.25) is 14.5 Å². The predicted molar refractivity (Wildman–Crippen MR) is 106 cm³/mol. The number of imide groups is 1. The third-order valence-electron chi connectivity index (χ3n) is 4.37. The number of hydrogen-bond acceptors (Lipinski definition) is 3. The number of fused-ring (bicyclic) bond motifs is 1. The number of benzene rings is 2. The SMILES string of the molecule is Cn1cc(/C=C2\SC(=O)N(Cc3ccccc3Cl)C2=O)c2ccccc21. The first-order chi connectivity index (χ1) is 12.5. The molecule has 4 rings (SSSR count). The molecule has 0 bridgehead atoms. The van der Waals surface area contributed by atoms with Crippen LogP contribution in [0, 0.1) is 0 Å². The number of para-hydroxylation sites is 1. The van der Waals surface area contributed by atoms with E-state index in [0.717, 1.165) is 33.8 Å². The molecule has 2 aromatic carbocycles. The van der Waals surface area contributed by atoms with Crippen molar-refractivity contribution in [2.75, 3.05) is 0 Å². The number of aryl methyl sites for hydroxylation is 1. The van der Waals surface area contributed by atoms with Crippen molar-refractivity contribution in [1.82, 2.24) is 9.47 Å². The molecule has 1 aliphatic rings. The fourth-order valence-electron chi connectivity index (χ4n) is 3.06. The smallest absolute Gasteiger partial charge is 0.293 e. The van der Waals surface area contributed by atoms with Crippen LogP contribution in [0.2, 0.25) is 5.02 Å². The summed E-state index contributed by atoms with van der Waals surface area (Å²) in [6, 6.07) is 15.2. The number of hydrogen-bond donors (Lipinski definition) is 0. The minimum atomic E-state index is -0.284. The van der Waals surface area contributed by atoms with E-state index in [9.17, 15) is 9.59 Å². The Hall–Kier alpha value is -2.50. The summed E-state index contributed by atoms with van der Waals surface area (Å²) >= 11 is 7.12. The molecule has 4 nitrogen and oxygen atoms in total. The molecule has 2 amide bonds. The number of rotatable bonds is 3. The van der Waals surface area contributed by atoms with Crippen molar-refractivity contribution < 1.29 is 9.59 Å². The van der Waals surface area contributed by atoms with Crippen molar-refractivity contribution in [3.8, 4) is 0 Å². The molecule has 1 aromatic heterocycles. The van der Waals surface area contributed by atoms with Crippen molar-refractivity contribution in [3.63, 3.8) is 0 Å². The second kappa shape index (κ2) is 6.67. The molecule has 1 aliphatic heterocycles. The average molecular weight is 383 g/mol. The lowest BCUT2D eigenvalue weighted by Crippen LogP contribution is -2.27. The van der Waals surface area contributed by atoms with Gasteiger partial charge in [0.1, 0.15) is 0 Å². The summed E-state index contributed by atoms with van der Waals surface area (Å²) in [5, 5.41) is 1.32. The van der Waals surface area contributed by atoms with Crippen molar-refractivity contribution in [2.45, 2.75) is 6.54 Å². The molecule has 130 valence electrons. The molecule has 1 saturated heterocycles. The minimum Gasteiger partial charge on any atom is -0.350 e. The van der Waals surface area contributed by atoms with E-state index in [1.54, 1.807) is 12.1 Å². The molecule has 6 heteroatoms. The van der Waals surface area contributed by atoms with Crippen LogP contribution in [0.1, 0.15) is 11.1 Å². The predicted octanol–water partition coefficient (Wildman–Crippen LogP) is 5.07. The van der Waals surface area contributed by atoms with Gasteiger partial charge in [-0.2, -0.15) is 0 Å². The second-order valence-electron chi connectivity index (χ2n) is 6.07. The van der Waals surface area contributed by atoms with Crippen LogP contribution in [0.4, 0.5) is 4.79 Å². The van der Waals surface area contributed by atoms with E-state index in [4.69, 9.17) is 11.6 Å². The third kappa shape index (κ3) is 2.93. The van der Waals surface area contributed by atoms with Gasteiger partial charge in [0, 0.05) is 34.7 Å². The van der Waals surface area contributed by atoms with Gasteiger partial charge in [0.15, 0.2) is 0 Å². The highest BCUT2D eigenvalue weighted by molar-refractivity contribution is 8.18. The zero-order valence-electron chi connectivity index (χ0n) is 14.0. The van der Waals surface area contributed by atoms with Gasteiger partial charge in [-0.25, -0.2) is 0 Å². The van der Waals surface area contributed by atoms with Crippen LogP contribution >= 0.6 is 23.4 Å². The van der Waals surface area contributed by atoms with Crippen LogP contribution in [0.5, 0.6) is 0 Å². The second-order valence-corrected chi connectivity index (χ2v) is 7.47. The third-order valence-corrected chi connectivity index (χ3v) is 5.65. The van der Waals surface area contributed by atoms with Crippen LogP contribution in [-0.2, 0) is 18.4 Å². The normalized spacial score (nSPS) is 16.2. The van der Waals surface area contributed by atoms with E-state index in [1.807, 2.05) is 60.3 Å². The molecule has 0 radical (unpaired) electrons. The maximum absolute atomic E-state index is 12.7. The summed E-state index contributed by atoms with van der Waals surface area (Å²) in [5.41, 5.74) is 2.75. The van der Waals surface area contributed by atoms with Gasteiger partial charge in [-0.05, 0) is 35.5 Å². The lowest BCUT2D eigenvalue weighted by atomic mass is 10.1. The lowest BCUT2D eigenvalue weighted by molar-refractivity contribution is -0.123. The van der Waals surface area contributed by atoms with Crippen molar-refractivity contribution in [1.29, 1.82) is 0 Å². The Bertz CT molecular complexity index is 1070. The van der Waals surface area contributed by atoms with E-state index >= 15 is 0 Å². The molecular formula is C20H15ClN2O2S. The first-order valence-electron chi connectivity index (χ1n) is 8.07. The van der Waals surface area contributed by atoms with E-state index in [0.29, 0.717) is 9.93 Å². The van der Waals surface area contributed by atoms with Crippen LogP contribution in [0.25, 0.3) is 17.0 Å². The molecule has 0 spiro atoms. The Kier molecular flexibility index (Phi) is 4.34. The largest absolute Gasteiger partial charge is 0.350 e. The van der Waals surface area contributed by atoms with Crippen LogP contribution in [0.15, 0.2) is 59.6 Å². The molecule has 26 heavy (non-hydrogen) atoms. The number of nitrogens with zero attached hydrogens (tertiary/aromatic N) is 2. The van der Waals surface area contributed by atoms with E-state index < -0.39 is 0 Å². The minimum absolute atomic E-state index is 0.178. The highest BCUT2D eigenvalue weighted by Gasteiger charge is 2.35. The lowest BCUT2D eigenvalue weighted by Gasteiger charge is -2.13. The number of halogens is 1. The van der Waals surface area contributed by atoms with Gasteiger partial charge >= 0.3 is 0 Å². The van der Waals surface area contributed by atoms with Crippen molar-refractivity contribution >= 4 is 51.5 Å². The number of carbonyl (C=O) groups excluding carboxylic acids is 2. The Morgan fingerprint density at radius 2 is 1.81 bits per heavy atom. The first-order valence-corrected chi connectivity index (χ1v) is 9.27. The molecule has 0 unspecified atom stereocenters. The number of amides is 2. The standard InChI is InChI=1S/C20H15ClN2O2S/c1-22-11-14(15-7-3-5-9-17(15)22)10-18-19(24)23(20(25)26-18)12-13-6-2-4-8-16(13)21/h2-11H,12H2,1H3/b18-10-. The van der Waals surface area contributed by atoms with Crippen LogP contribution in [0.3, 0.4) is 0 Å². The Morgan fingerprint density at radius 1 is 1.08 bits per heavy atom. The summed E-state index contributed by atoms with van der Waals surface area (Å²) < 4.78 is 2.01. The molecular weight excluding hydrogens is 368 g/mol. The Balaban J connectivity index is 1.66. The highest BCUT2D eigenvalue weighted by Crippen LogP contribution is 2.35. The zero-order chi connectivity index (χ0) is 18.3. The summed E-state index contributed by atoms with van der Waals surface area (Å²) in [5.74, 6) is -0.284. The van der Waals surface area contributed by atoms with Gasteiger partial charge in [0.05, 0.1) is 11.4 Å². The highest BCUT2D eigenvalue weighted by atomic mass is 35.5. The van der Waals surface area contributed by atoms with Gasteiger partial charge in [-0.1, -0.05) is 48.0 Å². The van der Waals surface area contributed by atoms with Gasteiger partial charge in [-0.15, -0.1) is 0 Å². The quantitative estimate of drug-likeness (QED) is 0.594. The van der Waals surface area contributed by atoms with Crippen molar-refractivity contribution in [3.05, 3.63) is 75.8 Å². The Morgan fingerprint density at radius 3 is 2.62 bits per heavy atom. The maximum atomic E-state index is 12.7. The van der Waals surface area contributed by atoms with E-state index in [1.165, 1.54) is 4.90 Å². The molecule has 2 heterocycles. The fourth-order valence-corrected chi connectivity index (χ4v) is 4.09. The van der Waals surface area contributed by atoms with E-state index in [2.05, 4.69) is 0 Å². The van der Waals surface area contributed by atoms with Crippen molar-refractivity contribution in [2.24, 2.45) is 7.05 Å². The summed E-state index contributed by atoms with van der Waals surface area (Å²) in [7, 11) is 1.96. The monoisotopic (exact) mass is 382 g/mol. The van der Waals surface area contributed by atoms with E-state index in [-0.39, 0.29) is 17.7 Å². The molecule has 0 aliphatic carbocycles. The zero-order valence-corrected chi connectivity index (χ0v) is 15.6. The van der Waals surface area contributed by atoms with Gasteiger partial charge < -0.3 is 4.57 Å². The van der Waals surface area contributed by atoms with Gasteiger partial charge in [0.2, 0.25) is 0 Å². The number of aromatic nitrogens is 1. The van der Waals surface area contributed by atoms with Gasteiger partial charge in [0.25, 0.3) is 11.1 Å². The number of thioether (sulfide) groups is 1. The molecule has 1 fully saturated rings. The fraction of sp³-hybridized carbons (Fsp3) is 0.100. The first kappa shape index (κ1) is 16.9. The molecule has 0 saturated carbocycles. The Labute approximate surface area is 160 Å². The summed E-state index contributed by atoms with van der Waals surface area (Å²) in [4.78, 5) is 26.8. The molecule has 3 aromatic rings. The number of carbonyl (C=O) groups is 2. The summed E-state index contributed by atoms with van der Waals surface area (Å²) in [6.07, 6.45) is 3.76. The molecule has 0 atom stereocenters. The summed E-state index contributed by atoms with van der Waals surface area (Å²) in [6.45, 7) is 0.178. The topological polar surface area (TPSA) is 42.3 Å².